The molecule has 0 amide bonds. The van der Waals surface area contributed by atoms with Gasteiger partial charge in [0.25, 0.3) is 5.71 Å². The summed E-state index contributed by atoms with van der Waals surface area (Å²) < 4.78 is 7.21. The van der Waals surface area contributed by atoms with Crippen LogP contribution in [0, 0.1) is 6.92 Å². The van der Waals surface area contributed by atoms with Gasteiger partial charge in [0, 0.05) is 13.1 Å². The van der Waals surface area contributed by atoms with E-state index in [0.29, 0.717) is 18.0 Å². The molecule has 1 aliphatic rings. The Balaban J connectivity index is 1.75. The van der Waals surface area contributed by atoms with E-state index < -0.39 is 6.10 Å². The normalized spacial score (nSPS) is 16.4. The van der Waals surface area contributed by atoms with E-state index in [2.05, 4.69) is 25.1 Å². The molecule has 0 unspecified atom stereocenters. The van der Waals surface area contributed by atoms with Gasteiger partial charge < -0.3 is 14.5 Å². The maximum atomic E-state index is 9.75. The zero-order chi connectivity index (χ0) is 16.0. The molecule has 4 rings (SSSR count). The molecule has 0 aromatic carbocycles. The van der Waals surface area contributed by atoms with Crippen LogP contribution in [0.4, 0.5) is 5.82 Å². The van der Waals surface area contributed by atoms with Crippen molar-refractivity contribution >= 4 is 16.9 Å². The second-order valence-corrected chi connectivity index (χ2v) is 5.88. The van der Waals surface area contributed by atoms with Crippen molar-refractivity contribution in [1.82, 2.24) is 24.9 Å². The number of hydrogen-bond acceptors (Lipinski definition) is 7. The topological polar surface area (TPSA) is 93.1 Å². The first-order chi connectivity index (χ1) is 11.1. The fourth-order valence-corrected chi connectivity index (χ4v) is 3.01. The average molecular weight is 314 g/mol. The van der Waals surface area contributed by atoms with Gasteiger partial charge in [-0.15, -0.1) is 0 Å². The minimum absolute atomic E-state index is 0.509. The lowest BCUT2D eigenvalue weighted by Gasteiger charge is -2.21. The average Bonchev–Trinajstić information content (AvgIpc) is 3.06. The third-order valence-electron chi connectivity index (χ3n) is 4.18. The highest BCUT2D eigenvalue weighted by Gasteiger charge is 2.22. The first kappa shape index (κ1) is 14.1. The third-order valence-corrected chi connectivity index (χ3v) is 4.18. The van der Waals surface area contributed by atoms with E-state index in [1.54, 1.807) is 6.92 Å². The lowest BCUT2D eigenvalue weighted by Crippen LogP contribution is -2.24. The summed E-state index contributed by atoms with van der Waals surface area (Å²) in [4.78, 5) is 10.8. The number of aliphatic hydroxyl groups is 1. The molecule has 8 heteroatoms. The predicted molar refractivity (Wildman–Crippen MR) is 82.9 cm³/mol. The fourth-order valence-electron chi connectivity index (χ4n) is 3.01. The summed E-state index contributed by atoms with van der Waals surface area (Å²) >= 11 is 0. The van der Waals surface area contributed by atoms with Crippen molar-refractivity contribution in [1.29, 1.82) is 0 Å². The number of rotatable bonds is 2. The van der Waals surface area contributed by atoms with Gasteiger partial charge in [0.1, 0.15) is 17.5 Å². The number of aromatic nitrogens is 5. The second kappa shape index (κ2) is 5.31. The van der Waals surface area contributed by atoms with Gasteiger partial charge >= 0.3 is 0 Å². The number of nitrogens with zero attached hydrogens (tertiary/aromatic N) is 6. The molecule has 0 aliphatic carbocycles. The highest BCUT2D eigenvalue weighted by atomic mass is 16.5. The van der Waals surface area contributed by atoms with Crippen LogP contribution in [0.25, 0.3) is 11.1 Å². The first-order valence-corrected chi connectivity index (χ1v) is 7.70. The second-order valence-electron chi connectivity index (χ2n) is 5.88. The minimum Gasteiger partial charge on any atom is -0.387 e. The van der Waals surface area contributed by atoms with Crippen molar-refractivity contribution in [2.45, 2.75) is 39.5 Å². The molecule has 1 aliphatic heterocycles. The Morgan fingerprint density at radius 2 is 2.17 bits per heavy atom. The first-order valence-electron chi connectivity index (χ1n) is 7.70. The fraction of sp³-hybridized carbons (Fsp3) is 0.467. The molecular weight excluding hydrogens is 296 g/mol. The number of aryl methyl sites for hydroxylation is 2. The molecule has 120 valence electrons. The largest absolute Gasteiger partial charge is 0.387 e. The Morgan fingerprint density at radius 1 is 1.30 bits per heavy atom. The zero-order valence-corrected chi connectivity index (χ0v) is 13.1. The molecule has 0 radical (unpaired) electrons. The molecular formula is C15H18N6O2. The van der Waals surface area contributed by atoms with Crippen LogP contribution >= 0.6 is 0 Å². The maximum absolute atomic E-state index is 9.75. The molecule has 4 heterocycles. The number of fused-ring (bicyclic) bond motifs is 2. The van der Waals surface area contributed by atoms with E-state index in [4.69, 9.17) is 4.52 Å². The highest BCUT2D eigenvalue weighted by molar-refractivity contribution is 5.87. The number of hydrogen-bond donors (Lipinski definition) is 1. The van der Waals surface area contributed by atoms with Crippen molar-refractivity contribution in [2.75, 3.05) is 11.4 Å². The lowest BCUT2D eigenvalue weighted by atomic mass is 10.2. The standard InChI is InChI=1S/C15H18N6O2/c1-9-13-14(16-8-17-15(13)23-19-9)20-4-3-5-21-11(7-20)6-12(18-21)10(2)22/h6,8,10,22H,3-5,7H2,1-2H3/t10-/m0/s1. The Hall–Kier alpha value is -2.48. The summed E-state index contributed by atoms with van der Waals surface area (Å²) in [5.41, 5.74) is 3.07. The quantitative estimate of drug-likeness (QED) is 0.767. The van der Waals surface area contributed by atoms with Gasteiger partial charge in [-0.2, -0.15) is 10.1 Å². The van der Waals surface area contributed by atoms with Gasteiger partial charge in [-0.1, -0.05) is 5.16 Å². The summed E-state index contributed by atoms with van der Waals surface area (Å²) in [5, 5.41) is 19.1. The summed E-state index contributed by atoms with van der Waals surface area (Å²) in [6.07, 6.45) is 1.89. The third kappa shape index (κ3) is 2.35. The lowest BCUT2D eigenvalue weighted by molar-refractivity contribution is 0.193. The molecule has 3 aromatic rings. The molecule has 0 saturated heterocycles. The van der Waals surface area contributed by atoms with Crippen LogP contribution in [0.15, 0.2) is 16.9 Å². The molecule has 23 heavy (non-hydrogen) atoms. The zero-order valence-electron chi connectivity index (χ0n) is 13.1. The van der Waals surface area contributed by atoms with Gasteiger partial charge in [0.05, 0.1) is 29.7 Å². The van der Waals surface area contributed by atoms with Gasteiger partial charge in [0.2, 0.25) is 0 Å². The van der Waals surface area contributed by atoms with Crippen molar-refractivity contribution < 1.29 is 9.63 Å². The molecule has 0 saturated carbocycles. The molecule has 0 spiro atoms. The van der Waals surface area contributed by atoms with E-state index in [-0.39, 0.29) is 0 Å². The SMILES string of the molecule is Cc1noc2ncnc(N3CCCn4nc([C@H](C)O)cc4C3)c12. The van der Waals surface area contributed by atoms with E-state index in [1.807, 2.05) is 17.7 Å². The Labute approximate surface area is 132 Å². The predicted octanol–water partition coefficient (Wildman–Crippen LogP) is 1.59. The van der Waals surface area contributed by atoms with E-state index >= 15 is 0 Å². The monoisotopic (exact) mass is 314 g/mol. The van der Waals surface area contributed by atoms with E-state index in [1.165, 1.54) is 6.33 Å². The number of anilines is 1. The van der Waals surface area contributed by atoms with Gasteiger partial charge in [-0.25, -0.2) is 4.98 Å². The maximum Gasteiger partial charge on any atom is 0.263 e. The van der Waals surface area contributed by atoms with Crippen LogP contribution < -0.4 is 4.90 Å². The smallest absolute Gasteiger partial charge is 0.263 e. The molecule has 8 nitrogen and oxygen atoms in total. The molecule has 1 N–H and O–H groups in total. The molecule has 0 bridgehead atoms. The Kier molecular flexibility index (Phi) is 3.26. The van der Waals surface area contributed by atoms with Crippen LogP contribution in [-0.4, -0.2) is 36.6 Å². The molecule has 3 aromatic heterocycles. The highest BCUT2D eigenvalue weighted by Crippen LogP contribution is 2.28. The molecule has 1 atom stereocenters. The van der Waals surface area contributed by atoms with Crippen molar-refractivity contribution in [3.63, 3.8) is 0 Å². The van der Waals surface area contributed by atoms with Crippen LogP contribution in [0.3, 0.4) is 0 Å². The van der Waals surface area contributed by atoms with Crippen LogP contribution in [0.5, 0.6) is 0 Å². The summed E-state index contributed by atoms with van der Waals surface area (Å²) in [6.45, 7) is 6.00. The minimum atomic E-state index is -0.561. The Bertz CT molecular complexity index is 853. The van der Waals surface area contributed by atoms with Gasteiger partial charge in [-0.3, -0.25) is 4.68 Å². The van der Waals surface area contributed by atoms with Crippen LogP contribution in [0.1, 0.15) is 36.5 Å². The van der Waals surface area contributed by atoms with Gasteiger partial charge in [0.15, 0.2) is 0 Å². The summed E-state index contributed by atoms with van der Waals surface area (Å²) in [5.74, 6) is 0.835. The van der Waals surface area contributed by atoms with Crippen molar-refractivity contribution in [3.05, 3.63) is 29.5 Å². The van der Waals surface area contributed by atoms with E-state index in [0.717, 1.165) is 42.1 Å². The van der Waals surface area contributed by atoms with Gasteiger partial charge in [-0.05, 0) is 26.3 Å². The summed E-state index contributed by atoms with van der Waals surface area (Å²) in [7, 11) is 0. The van der Waals surface area contributed by atoms with Crippen molar-refractivity contribution in [2.24, 2.45) is 0 Å². The molecule has 0 fully saturated rings. The van der Waals surface area contributed by atoms with Crippen LogP contribution in [-0.2, 0) is 13.1 Å². The van der Waals surface area contributed by atoms with Crippen molar-refractivity contribution in [3.8, 4) is 0 Å². The van der Waals surface area contributed by atoms with Crippen LogP contribution in [0.2, 0.25) is 0 Å². The Morgan fingerprint density at radius 3 is 3.00 bits per heavy atom. The van der Waals surface area contributed by atoms with E-state index in [9.17, 15) is 5.11 Å². The number of aliphatic hydroxyl groups excluding tert-OH is 1. The summed E-state index contributed by atoms with van der Waals surface area (Å²) in [6, 6.07) is 1.96.